The molecule has 3 heterocycles. The Hall–Kier alpha value is -2.85. The van der Waals surface area contributed by atoms with E-state index >= 15 is 0 Å². The van der Waals surface area contributed by atoms with Crippen LogP contribution in [-0.2, 0) is 6.54 Å². The lowest BCUT2D eigenvalue weighted by atomic mass is 10.2. The largest absolute Gasteiger partial charge is 0.497 e. The predicted octanol–water partition coefficient (Wildman–Crippen LogP) is 2.83. The van der Waals surface area contributed by atoms with Gasteiger partial charge in [0.15, 0.2) is 0 Å². The van der Waals surface area contributed by atoms with Gasteiger partial charge in [0, 0.05) is 12.6 Å². The summed E-state index contributed by atoms with van der Waals surface area (Å²) >= 11 is 1.29. The fourth-order valence-electron chi connectivity index (χ4n) is 3.18. The van der Waals surface area contributed by atoms with Crippen LogP contribution in [0.25, 0.3) is 0 Å². The molecule has 1 N–H and O–H groups in total. The monoisotopic (exact) mass is 400 g/mol. The third kappa shape index (κ3) is 4.02. The first-order chi connectivity index (χ1) is 13.6. The van der Waals surface area contributed by atoms with Crippen molar-refractivity contribution in [2.75, 3.05) is 19.0 Å². The van der Waals surface area contributed by atoms with Crippen molar-refractivity contribution >= 4 is 22.9 Å². The maximum absolute atomic E-state index is 12.4. The molecule has 146 valence electrons. The number of nitrogens with one attached hydrogen (secondary N) is 1. The van der Waals surface area contributed by atoms with E-state index in [1.54, 1.807) is 38.3 Å². The predicted molar refractivity (Wildman–Crippen MR) is 102 cm³/mol. The first kappa shape index (κ1) is 18.5. The lowest BCUT2D eigenvalue weighted by Crippen LogP contribution is -2.23. The number of anilines is 1. The molecule has 1 amide bonds. The average Bonchev–Trinajstić information content (AvgIpc) is 3.44. The van der Waals surface area contributed by atoms with Crippen LogP contribution in [0.2, 0.25) is 0 Å². The second-order valence-corrected chi connectivity index (χ2v) is 7.53. The molecule has 9 nitrogen and oxygen atoms in total. The molecule has 0 aliphatic carbocycles. The summed E-state index contributed by atoms with van der Waals surface area (Å²) in [5, 5.41) is 20.2. The number of rotatable bonds is 6. The lowest BCUT2D eigenvalue weighted by molar-refractivity contribution is 0.102. The zero-order chi connectivity index (χ0) is 19.5. The normalized spacial score (nSPS) is 17.0. The number of likely N-dealkylation sites (tertiary alicyclic amines) is 1. The van der Waals surface area contributed by atoms with Crippen molar-refractivity contribution in [1.29, 1.82) is 0 Å². The summed E-state index contributed by atoms with van der Waals surface area (Å²) in [6.07, 6.45) is 2.01. The van der Waals surface area contributed by atoms with Gasteiger partial charge in [0.05, 0.1) is 19.7 Å². The van der Waals surface area contributed by atoms with E-state index in [1.165, 1.54) is 11.3 Å². The number of aromatic nitrogens is 4. The molecule has 4 rings (SSSR count). The molecule has 1 aliphatic heterocycles. The van der Waals surface area contributed by atoms with Gasteiger partial charge in [-0.3, -0.25) is 9.69 Å². The minimum absolute atomic E-state index is 0.0849. The Balaban J connectivity index is 1.40. The Morgan fingerprint density at radius 3 is 2.82 bits per heavy atom. The van der Waals surface area contributed by atoms with Crippen molar-refractivity contribution in [2.24, 2.45) is 0 Å². The molecule has 1 atom stereocenters. The van der Waals surface area contributed by atoms with Gasteiger partial charge in [0.2, 0.25) is 16.8 Å². The van der Waals surface area contributed by atoms with Crippen LogP contribution in [0.4, 0.5) is 5.69 Å². The number of carbonyl (C=O) groups is 1. The third-order valence-electron chi connectivity index (χ3n) is 4.54. The average molecular weight is 400 g/mol. The van der Waals surface area contributed by atoms with E-state index in [0.29, 0.717) is 29.0 Å². The molecule has 2 aromatic heterocycles. The van der Waals surface area contributed by atoms with Gasteiger partial charge in [0.1, 0.15) is 10.8 Å². The van der Waals surface area contributed by atoms with Gasteiger partial charge in [0.25, 0.3) is 5.91 Å². The van der Waals surface area contributed by atoms with E-state index in [-0.39, 0.29) is 11.9 Å². The van der Waals surface area contributed by atoms with Gasteiger partial charge in [-0.25, -0.2) is 0 Å². The Kier molecular flexibility index (Phi) is 5.31. The molecule has 3 aromatic rings. The van der Waals surface area contributed by atoms with E-state index in [9.17, 15) is 4.79 Å². The van der Waals surface area contributed by atoms with Crippen molar-refractivity contribution in [3.8, 4) is 5.75 Å². The standard InChI is InChI=1S/C18H20N6O3S/c1-11-20-22-17(27-11)14-4-3-9-24(14)10-15-21-23-18(28-15)16(25)19-12-5-7-13(26-2)8-6-12/h5-8,14H,3-4,9-10H2,1-2H3,(H,19,25)/t14-/m1/s1. The molecule has 0 unspecified atom stereocenters. The third-order valence-corrected chi connectivity index (χ3v) is 5.44. The molecule has 1 saturated heterocycles. The minimum Gasteiger partial charge on any atom is -0.497 e. The summed E-state index contributed by atoms with van der Waals surface area (Å²) < 4.78 is 10.7. The van der Waals surface area contributed by atoms with E-state index in [0.717, 1.165) is 30.1 Å². The van der Waals surface area contributed by atoms with Gasteiger partial charge in [-0.15, -0.1) is 20.4 Å². The number of ether oxygens (including phenoxy) is 1. The fraction of sp³-hybridized carbons (Fsp3) is 0.389. The van der Waals surface area contributed by atoms with Gasteiger partial charge < -0.3 is 14.5 Å². The van der Waals surface area contributed by atoms with Gasteiger partial charge in [-0.05, 0) is 43.7 Å². The lowest BCUT2D eigenvalue weighted by Gasteiger charge is -2.19. The summed E-state index contributed by atoms with van der Waals surface area (Å²) in [6, 6.07) is 7.21. The van der Waals surface area contributed by atoms with Crippen molar-refractivity contribution in [3.63, 3.8) is 0 Å². The molecular formula is C18H20N6O3S. The molecule has 1 aliphatic rings. The SMILES string of the molecule is COc1ccc(NC(=O)c2nnc(CN3CCC[C@@H]3c3nnc(C)o3)s2)cc1. The van der Waals surface area contributed by atoms with Crippen LogP contribution >= 0.6 is 11.3 Å². The number of benzene rings is 1. The highest BCUT2D eigenvalue weighted by Gasteiger charge is 2.31. The van der Waals surface area contributed by atoms with Crippen molar-refractivity contribution in [1.82, 2.24) is 25.3 Å². The Morgan fingerprint density at radius 1 is 1.29 bits per heavy atom. The maximum Gasteiger partial charge on any atom is 0.286 e. The number of carbonyl (C=O) groups excluding carboxylic acids is 1. The number of nitrogens with zero attached hydrogens (tertiary/aromatic N) is 5. The molecule has 0 bridgehead atoms. The number of hydrogen-bond acceptors (Lipinski definition) is 9. The quantitative estimate of drug-likeness (QED) is 0.673. The summed E-state index contributed by atoms with van der Waals surface area (Å²) in [6.45, 7) is 3.30. The zero-order valence-corrected chi connectivity index (χ0v) is 16.4. The number of aryl methyl sites for hydroxylation is 1. The second-order valence-electron chi connectivity index (χ2n) is 6.47. The van der Waals surface area contributed by atoms with E-state index in [2.05, 4.69) is 30.6 Å². The van der Waals surface area contributed by atoms with Crippen molar-refractivity contribution < 1.29 is 13.9 Å². The first-order valence-corrected chi connectivity index (χ1v) is 9.76. The van der Waals surface area contributed by atoms with Gasteiger partial charge in [-0.2, -0.15) is 0 Å². The molecule has 1 fully saturated rings. The van der Waals surface area contributed by atoms with Gasteiger partial charge >= 0.3 is 0 Å². The summed E-state index contributed by atoms with van der Waals surface area (Å²) in [4.78, 5) is 14.7. The molecule has 1 aromatic carbocycles. The van der Waals surface area contributed by atoms with Crippen molar-refractivity contribution in [2.45, 2.75) is 32.4 Å². The highest BCUT2D eigenvalue weighted by molar-refractivity contribution is 7.13. The fourth-order valence-corrected chi connectivity index (χ4v) is 3.94. The highest BCUT2D eigenvalue weighted by Crippen LogP contribution is 2.32. The van der Waals surface area contributed by atoms with Crippen LogP contribution in [0.5, 0.6) is 5.75 Å². The van der Waals surface area contributed by atoms with Gasteiger partial charge in [-0.1, -0.05) is 11.3 Å². The maximum atomic E-state index is 12.4. The number of hydrogen-bond donors (Lipinski definition) is 1. The van der Waals surface area contributed by atoms with Crippen LogP contribution in [0.3, 0.4) is 0 Å². The van der Waals surface area contributed by atoms with E-state index in [1.807, 2.05) is 0 Å². The molecular weight excluding hydrogens is 380 g/mol. The Labute approximate surface area is 165 Å². The Morgan fingerprint density at radius 2 is 2.11 bits per heavy atom. The zero-order valence-electron chi connectivity index (χ0n) is 15.6. The summed E-state index contributed by atoms with van der Waals surface area (Å²) in [7, 11) is 1.60. The van der Waals surface area contributed by atoms with Crippen LogP contribution in [0, 0.1) is 6.92 Å². The topological polar surface area (TPSA) is 106 Å². The van der Waals surface area contributed by atoms with Crippen molar-refractivity contribution in [3.05, 3.63) is 46.1 Å². The Bertz CT molecular complexity index is 954. The second kappa shape index (κ2) is 8.03. The molecule has 0 radical (unpaired) electrons. The van der Waals surface area contributed by atoms with Crippen LogP contribution < -0.4 is 10.1 Å². The summed E-state index contributed by atoms with van der Waals surface area (Å²) in [5.74, 6) is 1.65. The molecule has 28 heavy (non-hydrogen) atoms. The molecule has 0 spiro atoms. The molecule has 10 heteroatoms. The van der Waals surface area contributed by atoms with Crippen LogP contribution in [0.15, 0.2) is 28.7 Å². The number of methoxy groups -OCH3 is 1. The first-order valence-electron chi connectivity index (χ1n) is 8.94. The highest BCUT2D eigenvalue weighted by atomic mass is 32.1. The van der Waals surface area contributed by atoms with Crippen LogP contribution in [-0.4, -0.2) is 44.9 Å². The number of amides is 1. The smallest absolute Gasteiger partial charge is 0.286 e. The minimum atomic E-state index is -0.278. The summed E-state index contributed by atoms with van der Waals surface area (Å²) in [5.41, 5.74) is 0.675. The van der Waals surface area contributed by atoms with E-state index < -0.39 is 0 Å². The molecule has 0 saturated carbocycles. The van der Waals surface area contributed by atoms with Crippen LogP contribution in [0.1, 0.15) is 45.5 Å². The van der Waals surface area contributed by atoms with E-state index in [4.69, 9.17) is 9.15 Å².